The molecule has 0 bridgehead atoms. The van der Waals surface area contributed by atoms with Crippen LogP contribution in [-0.4, -0.2) is 19.8 Å². The molecule has 1 N–H and O–H groups in total. The van der Waals surface area contributed by atoms with Crippen molar-refractivity contribution < 1.29 is 18.1 Å². The molecule has 1 unspecified atom stereocenters. The lowest BCUT2D eigenvalue weighted by molar-refractivity contribution is -0.834. The van der Waals surface area contributed by atoms with Crippen LogP contribution in [0.3, 0.4) is 0 Å². The van der Waals surface area contributed by atoms with Crippen LogP contribution in [-0.2, 0) is 0 Å². The summed E-state index contributed by atoms with van der Waals surface area (Å²) in [6.07, 6.45) is -1.70. The first-order valence-electron chi connectivity index (χ1n) is 3.54. The second-order valence-electron chi connectivity index (χ2n) is 2.84. The van der Waals surface area contributed by atoms with Gasteiger partial charge < -0.3 is 4.90 Å². The molecule has 0 aromatic heterocycles. The molecule has 1 heterocycles. The molecule has 0 amide bonds. The molecule has 68 valence electrons. The maximum absolute atomic E-state index is 12.1. The summed E-state index contributed by atoms with van der Waals surface area (Å²) < 4.78 is 36.3. The average molecular weight is 177 g/mol. The molecule has 0 spiro atoms. The Morgan fingerprint density at radius 3 is 2.58 bits per heavy atom. The molecule has 4 heteroatoms. The number of quaternary nitrogens is 1. The predicted octanol–water partition coefficient (Wildman–Crippen LogP) is 0.721. The van der Waals surface area contributed by atoms with Crippen molar-refractivity contribution in [2.75, 3.05) is 13.6 Å². The van der Waals surface area contributed by atoms with E-state index in [0.29, 0.717) is 10.6 Å². The van der Waals surface area contributed by atoms with Gasteiger partial charge in [-0.05, 0) is 0 Å². The smallest absolute Gasteiger partial charge is 0.331 e. The van der Waals surface area contributed by atoms with Crippen LogP contribution < -0.4 is 4.90 Å². The van der Waals surface area contributed by atoms with Crippen LogP contribution in [0, 0.1) is 5.92 Å². The fraction of sp³-hybridized carbons (Fsp3) is 0.375. The Balaban J connectivity index is 2.74. The normalized spacial score (nSPS) is 24.8. The van der Waals surface area contributed by atoms with Gasteiger partial charge >= 0.3 is 6.18 Å². The highest BCUT2D eigenvalue weighted by atomic mass is 19.4. The first-order valence-corrected chi connectivity index (χ1v) is 3.54. The lowest BCUT2D eigenvalue weighted by Gasteiger charge is -2.32. The molecular weight excluding hydrogens is 167 g/mol. The van der Waals surface area contributed by atoms with E-state index < -0.39 is 12.1 Å². The Labute approximate surface area is 69.2 Å². The summed E-state index contributed by atoms with van der Waals surface area (Å²) >= 11 is 0. The van der Waals surface area contributed by atoms with E-state index in [4.69, 9.17) is 0 Å². The van der Waals surface area contributed by atoms with Crippen molar-refractivity contribution in [2.45, 2.75) is 6.18 Å². The van der Waals surface area contributed by atoms with Gasteiger partial charge in [0.2, 0.25) is 0 Å². The Hall–Kier alpha value is -0.900. The molecule has 12 heavy (non-hydrogen) atoms. The van der Waals surface area contributed by atoms with Crippen LogP contribution in [0.5, 0.6) is 0 Å². The fourth-order valence-electron chi connectivity index (χ4n) is 0.996. The Morgan fingerprint density at radius 1 is 1.58 bits per heavy atom. The second-order valence-corrected chi connectivity index (χ2v) is 2.84. The number of alkyl halides is 3. The number of allylic oxidation sites excluding steroid dienone is 1. The van der Waals surface area contributed by atoms with Crippen molar-refractivity contribution >= 4 is 0 Å². The van der Waals surface area contributed by atoms with E-state index in [1.54, 1.807) is 7.05 Å². The number of rotatable bonds is 0. The van der Waals surface area contributed by atoms with Gasteiger partial charge in [-0.15, -0.1) is 6.08 Å². The Kier molecular flexibility index (Phi) is 2.19. The van der Waals surface area contributed by atoms with Crippen LogP contribution in [0.1, 0.15) is 0 Å². The van der Waals surface area contributed by atoms with Crippen molar-refractivity contribution in [2.24, 2.45) is 0 Å². The van der Waals surface area contributed by atoms with Gasteiger partial charge in [0.25, 0.3) is 0 Å². The van der Waals surface area contributed by atoms with Gasteiger partial charge in [0.1, 0.15) is 0 Å². The highest BCUT2D eigenvalue weighted by molar-refractivity contribution is 5.24. The lowest BCUT2D eigenvalue weighted by atomic mass is 10.0. The zero-order valence-electron chi connectivity index (χ0n) is 6.70. The molecule has 1 aliphatic rings. The van der Waals surface area contributed by atoms with Crippen LogP contribution in [0.2, 0.25) is 0 Å². The first-order chi connectivity index (χ1) is 5.41. The lowest BCUT2D eigenvalue weighted by Crippen LogP contribution is -3.08. The SMILES string of the molecule is C=C1C=C[C-](C(F)(F)F)C[NH+]1C. The minimum Gasteiger partial charge on any atom is -0.331 e. The number of halogens is 3. The fourth-order valence-corrected chi connectivity index (χ4v) is 0.996. The molecule has 0 saturated carbocycles. The quantitative estimate of drug-likeness (QED) is 0.520. The summed E-state index contributed by atoms with van der Waals surface area (Å²) in [5, 5.41) is 0. The molecule has 1 rings (SSSR count). The van der Waals surface area contributed by atoms with Crippen LogP contribution in [0.4, 0.5) is 13.2 Å². The van der Waals surface area contributed by atoms with E-state index in [0.717, 1.165) is 6.08 Å². The number of hydrogen-bond acceptors (Lipinski definition) is 0. The maximum atomic E-state index is 12.1. The Morgan fingerprint density at radius 2 is 2.17 bits per heavy atom. The first kappa shape index (κ1) is 9.19. The van der Waals surface area contributed by atoms with Crippen molar-refractivity contribution in [3.8, 4) is 0 Å². The third kappa shape index (κ3) is 1.82. The van der Waals surface area contributed by atoms with Gasteiger partial charge in [-0.3, -0.25) is 0 Å². The number of hydrogen-bond donors (Lipinski definition) is 1. The van der Waals surface area contributed by atoms with Crippen LogP contribution >= 0.6 is 0 Å². The molecule has 0 fully saturated rings. The van der Waals surface area contributed by atoms with Crippen molar-refractivity contribution in [1.82, 2.24) is 0 Å². The Bertz CT molecular complexity index is 217. The third-order valence-electron chi connectivity index (χ3n) is 1.85. The molecule has 1 aliphatic heterocycles. The highest BCUT2D eigenvalue weighted by Gasteiger charge is 2.33. The largest absolute Gasteiger partial charge is 0.350 e. The molecule has 0 aliphatic carbocycles. The van der Waals surface area contributed by atoms with Gasteiger partial charge in [-0.25, -0.2) is 6.08 Å². The molecular formula is C8H10F3N. The zero-order valence-corrected chi connectivity index (χ0v) is 6.70. The average Bonchev–Trinajstić information content (AvgIpc) is 1.92. The highest BCUT2D eigenvalue weighted by Crippen LogP contribution is 2.29. The number of likely N-dealkylation sites (N-methyl/N-ethyl adjacent to an activating group) is 1. The van der Waals surface area contributed by atoms with Crippen molar-refractivity contribution in [3.63, 3.8) is 0 Å². The van der Waals surface area contributed by atoms with Gasteiger partial charge in [0.05, 0.1) is 7.05 Å². The van der Waals surface area contributed by atoms with Gasteiger partial charge in [-0.1, -0.05) is 12.5 Å². The van der Waals surface area contributed by atoms with Gasteiger partial charge in [-0.2, -0.15) is 13.2 Å². The number of nitrogens with one attached hydrogen (secondary N) is 1. The van der Waals surface area contributed by atoms with E-state index >= 15 is 0 Å². The van der Waals surface area contributed by atoms with Crippen LogP contribution in [0.25, 0.3) is 0 Å². The maximum Gasteiger partial charge on any atom is 0.350 e. The molecule has 0 saturated heterocycles. The predicted molar refractivity (Wildman–Crippen MR) is 39.3 cm³/mol. The van der Waals surface area contributed by atoms with Crippen molar-refractivity contribution in [1.29, 1.82) is 0 Å². The van der Waals surface area contributed by atoms with E-state index in [1.165, 1.54) is 6.08 Å². The van der Waals surface area contributed by atoms with Crippen molar-refractivity contribution in [3.05, 3.63) is 30.3 Å². The summed E-state index contributed by atoms with van der Waals surface area (Å²) in [4.78, 5) is 0.685. The zero-order chi connectivity index (χ0) is 9.35. The summed E-state index contributed by atoms with van der Waals surface area (Å²) in [6, 6.07) is 0. The van der Waals surface area contributed by atoms with E-state index in [-0.39, 0.29) is 6.54 Å². The molecule has 0 aromatic rings. The monoisotopic (exact) mass is 177 g/mol. The topological polar surface area (TPSA) is 4.44 Å². The van der Waals surface area contributed by atoms with Gasteiger partial charge in [0, 0.05) is 12.2 Å². The minimum absolute atomic E-state index is 0.0289. The molecule has 0 radical (unpaired) electrons. The van der Waals surface area contributed by atoms with E-state index in [1.807, 2.05) is 0 Å². The third-order valence-corrected chi connectivity index (χ3v) is 1.85. The summed E-state index contributed by atoms with van der Waals surface area (Å²) in [5.74, 6) is -0.493. The molecule has 1 nitrogen and oxygen atoms in total. The second kappa shape index (κ2) is 2.86. The van der Waals surface area contributed by atoms with E-state index in [9.17, 15) is 13.2 Å². The molecule has 0 aromatic carbocycles. The standard InChI is InChI=1S/C8H9F3N/c1-6-3-4-7(5-12(6)2)8(9,10)11/h3-4H,1,5H2,2H3/q-1/p+1. The van der Waals surface area contributed by atoms with Gasteiger partial charge in [0.15, 0.2) is 0 Å². The molecule has 1 atom stereocenters. The van der Waals surface area contributed by atoms with E-state index in [2.05, 4.69) is 6.58 Å². The van der Waals surface area contributed by atoms with Crippen LogP contribution in [0.15, 0.2) is 24.4 Å². The summed E-state index contributed by atoms with van der Waals surface area (Å²) in [5.41, 5.74) is 0.683. The summed E-state index contributed by atoms with van der Waals surface area (Å²) in [7, 11) is 1.66. The minimum atomic E-state index is -4.20. The summed E-state index contributed by atoms with van der Waals surface area (Å²) in [6.45, 7) is 3.58.